The number of hydrogen-bond donors (Lipinski definition) is 1. The molecule has 2 heteroatoms. The number of carbonyl (C=O) groups is 1. The quantitative estimate of drug-likeness (QED) is 0.514. The lowest BCUT2D eigenvalue weighted by molar-refractivity contribution is -0.109. The highest BCUT2D eigenvalue weighted by Crippen LogP contribution is 1.68. The van der Waals surface area contributed by atoms with Crippen molar-refractivity contribution < 1.29 is 4.79 Å². The molecule has 0 aliphatic heterocycles. The minimum absolute atomic E-state index is 0.0185. The van der Waals surface area contributed by atoms with Gasteiger partial charge in [-0.25, -0.2) is 0 Å². The fourth-order valence-electron chi connectivity index (χ4n) is 0.370. The van der Waals surface area contributed by atoms with Crippen LogP contribution in [0.3, 0.4) is 0 Å². The Kier molecular flexibility index (Phi) is 3.61. The Balaban J connectivity index is 2.98. The molecule has 0 heterocycles. The van der Waals surface area contributed by atoms with Gasteiger partial charge in [0.15, 0.2) is 0 Å². The average molecular weight is 101 g/mol. The zero-order valence-corrected chi connectivity index (χ0v) is 4.77. The zero-order chi connectivity index (χ0) is 5.70. The molecule has 1 unspecified atom stereocenters. The second-order valence-corrected chi connectivity index (χ2v) is 1.48. The van der Waals surface area contributed by atoms with E-state index < -0.39 is 0 Å². The molecular weight excluding hydrogens is 90.1 g/mol. The summed E-state index contributed by atoms with van der Waals surface area (Å²) in [6.07, 6.45) is 0.892. The van der Waals surface area contributed by atoms with Gasteiger partial charge in [0.2, 0.25) is 0 Å². The normalized spacial score (nSPS) is 13.4. The highest BCUT2D eigenvalue weighted by Gasteiger charge is 1.90. The molecule has 0 aliphatic carbocycles. The summed E-state index contributed by atoms with van der Waals surface area (Å²) in [6, 6.07) is 0.0185. The van der Waals surface area contributed by atoms with Crippen LogP contribution in [0.25, 0.3) is 0 Å². The molecule has 0 aliphatic rings. The second kappa shape index (κ2) is 3.81. The molecule has 7 heavy (non-hydrogen) atoms. The second-order valence-electron chi connectivity index (χ2n) is 1.48. The van der Waals surface area contributed by atoms with E-state index in [1.807, 2.05) is 13.8 Å². The van der Waals surface area contributed by atoms with E-state index in [0.717, 1.165) is 12.8 Å². The molecule has 0 aromatic rings. The van der Waals surface area contributed by atoms with Gasteiger partial charge in [-0.05, 0) is 13.5 Å². The lowest BCUT2D eigenvalue weighted by Crippen LogP contribution is -2.26. The minimum atomic E-state index is 0.0185. The standard InChI is InChI=1S/C5H11NO/c1-3-6-5(2)4-7/h4-6H,3H2,1-2H3. The minimum Gasteiger partial charge on any atom is -0.308 e. The Morgan fingerprint density at radius 2 is 2.43 bits per heavy atom. The summed E-state index contributed by atoms with van der Waals surface area (Å²) in [6.45, 7) is 4.66. The predicted molar refractivity (Wildman–Crippen MR) is 29.2 cm³/mol. The van der Waals surface area contributed by atoms with Crippen LogP contribution in [0.15, 0.2) is 0 Å². The van der Waals surface area contributed by atoms with Gasteiger partial charge in [-0.2, -0.15) is 0 Å². The van der Waals surface area contributed by atoms with Crippen LogP contribution in [0.2, 0.25) is 0 Å². The molecule has 0 saturated carbocycles. The Labute approximate surface area is 43.9 Å². The van der Waals surface area contributed by atoms with Gasteiger partial charge in [-0.3, -0.25) is 0 Å². The smallest absolute Gasteiger partial charge is 0.136 e. The van der Waals surface area contributed by atoms with Crippen molar-refractivity contribution in [3.63, 3.8) is 0 Å². The number of aldehydes is 1. The van der Waals surface area contributed by atoms with Gasteiger partial charge in [0.05, 0.1) is 6.04 Å². The molecule has 0 saturated heterocycles. The third-order valence-corrected chi connectivity index (χ3v) is 0.730. The van der Waals surface area contributed by atoms with Gasteiger partial charge >= 0.3 is 0 Å². The van der Waals surface area contributed by atoms with Gasteiger partial charge < -0.3 is 10.1 Å². The molecule has 0 aromatic heterocycles. The summed E-state index contributed by atoms with van der Waals surface area (Å²) >= 11 is 0. The van der Waals surface area contributed by atoms with Crippen LogP contribution < -0.4 is 5.32 Å². The van der Waals surface area contributed by atoms with Gasteiger partial charge in [0.1, 0.15) is 6.29 Å². The molecule has 42 valence electrons. The van der Waals surface area contributed by atoms with E-state index in [1.54, 1.807) is 0 Å². The van der Waals surface area contributed by atoms with Crippen molar-refractivity contribution in [2.75, 3.05) is 6.54 Å². The Morgan fingerprint density at radius 1 is 1.86 bits per heavy atom. The van der Waals surface area contributed by atoms with Crippen LogP contribution in [-0.4, -0.2) is 18.9 Å². The van der Waals surface area contributed by atoms with E-state index in [-0.39, 0.29) is 6.04 Å². The fourth-order valence-corrected chi connectivity index (χ4v) is 0.370. The SMILES string of the molecule is CCNC(C)C=O. The van der Waals surface area contributed by atoms with Crippen molar-refractivity contribution in [2.24, 2.45) is 0 Å². The Morgan fingerprint density at radius 3 is 2.57 bits per heavy atom. The summed E-state index contributed by atoms with van der Waals surface area (Å²) in [7, 11) is 0. The van der Waals surface area contributed by atoms with Crippen molar-refractivity contribution in [1.82, 2.24) is 5.32 Å². The maximum Gasteiger partial charge on any atom is 0.136 e. The largest absolute Gasteiger partial charge is 0.308 e. The molecule has 0 rings (SSSR count). The van der Waals surface area contributed by atoms with E-state index >= 15 is 0 Å². The summed E-state index contributed by atoms with van der Waals surface area (Å²) in [5.74, 6) is 0. The van der Waals surface area contributed by atoms with E-state index in [9.17, 15) is 4.79 Å². The number of hydrogen-bond acceptors (Lipinski definition) is 2. The lowest BCUT2D eigenvalue weighted by Gasteiger charge is -1.99. The van der Waals surface area contributed by atoms with Crippen LogP contribution in [0.1, 0.15) is 13.8 Å². The molecule has 0 radical (unpaired) electrons. The molecule has 0 spiro atoms. The third kappa shape index (κ3) is 3.46. The predicted octanol–water partition coefficient (Wildman–Crippen LogP) is 0.183. The molecule has 1 N–H and O–H groups in total. The van der Waals surface area contributed by atoms with E-state index in [1.165, 1.54) is 0 Å². The molecule has 0 amide bonds. The third-order valence-electron chi connectivity index (χ3n) is 0.730. The van der Waals surface area contributed by atoms with Crippen LogP contribution in [0.5, 0.6) is 0 Å². The Bertz CT molecular complexity index is 54.0. The van der Waals surface area contributed by atoms with Crippen molar-refractivity contribution in [3.8, 4) is 0 Å². The number of carbonyl (C=O) groups excluding carboxylic acids is 1. The first kappa shape index (κ1) is 6.63. The highest BCUT2D eigenvalue weighted by atomic mass is 16.1. The van der Waals surface area contributed by atoms with Crippen LogP contribution in [0.4, 0.5) is 0 Å². The number of rotatable bonds is 3. The summed E-state index contributed by atoms with van der Waals surface area (Å²) in [5, 5.41) is 2.93. The molecule has 0 bridgehead atoms. The van der Waals surface area contributed by atoms with Gasteiger partial charge in [0.25, 0.3) is 0 Å². The lowest BCUT2D eigenvalue weighted by atomic mass is 10.4. The van der Waals surface area contributed by atoms with E-state index in [4.69, 9.17) is 0 Å². The fraction of sp³-hybridized carbons (Fsp3) is 0.800. The zero-order valence-electron chi connectivity index (χ0n) is 4.77. The van der Waals surface area contributed by atoms with Crippen LogP contribution in [0, 0.1) is 0 Å². The maximum atomic E-state index is 9.83. The average Bonchev–Trinajstić information content (AvgIpc) is 1.68. The van der Waals surface area contributed by atoms with Gasteiger partial charge in [0, 0.05) is 0 Å². The Hall–Kier alpha value is -0.370. The number of likely N-dealkylation sites (N-methyl/N-ethyl adjacent to an activating group) is 1. The summed E-state index contributed by atoms with van der Waals surface area (Å²) in [5.41, 5.74) is 0. The van der Waals surface area contributed by atoms with Crippen molar-refractivity contribution in [1.29, 1.82) is 0 Å². The maximum absolute atomic E-state index is 9.83. The first-order valence-electron chi connectivity index (χ1n) is 2.50. The van der Waals surface area contributed by atoms with Crippen molar-refractivity contribution in [2.45, 2.75) is 19.9 Å². The van der Waals surface area contributed by atoms with Gasteiger partial charge in [-0.1, -0.05) is 6.92 Å². The van der Waals surface area contributed by atoms with E-state index in [0.29, 0.717) is 0 Å². The number of nitrogens with one attached hydrogen (secondary N) is 1. The van der Waals surface area contributed by atoms with Gasteiger partial charge in [-0.15, -0.1) is 0 Å². The first-order valence-corrected chi connectivity index (χ1v) is 2.50. The highest BCUT2D eigenvalue weighted by molar-refractivity contribution is 5.56. The molecule has 0 aromatic carbocycles. The van der Waals surface area contributed by atoms with Crippen molar-refractivity contribution >= 4 is 6.29 Å². The molecule has 1 atom stereocenters. The molecular formula is C5H11NO. The topological polar surface area (TPSA) is 29.1 Å². The molecule has 2 nitrogen and oxygen atoms in total. The van der Waals surface area contributed by atoms with Crippen LogP contribution >= 0.6 is 0 Å². The van der Waals surface area contributed by atoms with E-state index in [2.05, 4.69) is 5.32 Å². The van der Waals surface area contributed by atoms with Crippen LogP contribution in [-0.2, 0) is 4.79 Å². The molecule has 0 fully saturated rings. The van der Waals surface area contributed by atoms with Crippen molar-refractivity contribution in [3.05, 3.63) is 0 Å². The monoisotopic (exact) mass is 101 g/mol. The summed E-state index contributed by atoms with van der Waals surface area (Å²) in [4.78, 5) is 9.83. The first-order chi connectivity index (χ1) is 3.31. The summed E-state index contributed by atoms with van der Waals surface area (Å²) < 4.78 is 0.